The molecule has 0 aliphatic rings. The van der Waals surface area contributed by atoms with Gasteiger partial charge in [0.1, 0.15) is 6.20 Å². The van der Waals surface area contributed by atoms with Gasteiger partial charge in [-0.3, -0.25) is 4.79 Å². The maximum atomic E-state index is 12.7. The highest BCUT2D eigenvalue weighted by molar-refractivity contribution is 5.89. The number of carbonyl (C=O) groups excluding carboxylic acids is 1. The Morgan fingerprint density at radius 2 is 1.83 bits per heavy atom. The van der Waals surface area contributed by atoms with Crippen molar-refractivity contribution in [2.24, 2.45) is 0 Å². The third-order valence-corrected chi connectivity index (χ3v) is 3.41. The Bertz CT molecular complexity index is 893. The molecule has 24 heavy (non-hydrogen) atoms. The fraction of sp³-hybridized carbons (Fsp3) is 0.118. The van der Waals surface area contributed by atoms with Gasteiger partial charge in [0.25, 0.3) is 12.5 Å². The quantitative estimate of drug-likeness (QED) is 0.749. The van der Waals surface area contributed by atoms with Crippen molar-refractivity contribution in [1.29, 1.82) is 0 Å². The van der Waals surface area contributed by atoms with Gasteiger partial charge >= 0.3 is 6.18 Å². The molecular weight excluding hydrogens is 319 g/mol. The van der Waals surface area contributed by atoms with Crippen LogP contribution in [0.25, 0.3) is 10.8 Å². The van der Waals surface area contributed by atoms with E-state index in [1.54, 1.807) is 12.4 Å². The third-order valence-electron chi connectivity index (χ3n) is 3.41. The maximum Gasteiger partial charge on any atom is 0.416 e. The normalized spacial score (nSPS) is 11.5. The average Bonchev–Trinajstić information content (AvgIpc) is 2.54. The summed E-state index contributed by atoms with van der Waals surface area (Å²) in [6.07, 6.45) is -1.11. The summed E-state index contributed by atoms with van der Waals surface area (Å²) < 4.78 is 39.5. The van der Waals surface area contributed by atoms with Crippen molar-refractivity contribution in [2.75, 3.05) is 5.32 Å². The van der Waals surface area contributed by atoms with Crippen LogP contribution in [0, 0.1) is 0 Å². The molecule has 122 valence electrons. The summed E-state index contributed by atoms with van der Waals surface area (Å²) in [5, 5.41) is 8.43. The van der Waals surface area contributed by atoms with Gasteiger partial charge in [-0.15, -0.1) is 0 Å². The van der Waals surface area contributed by atoms with E-state index in [1.165, 1.54) is 16.8 Å². The summed E-state index contributed by atoms with van der Waals surface area (Å²) in [4.78, 5) is 12.0. The SMILES string of the molecule is O=C(C[n+]1cc2ccccc2cn1)Nc1cccc(C(F)(F)F)c1. The molecule has 0 bridgehead atoms. The number of hydrogen-bond donors (Lipinski definition) is 1. The molecule has 1 aromatic heterocycles. The molecule has 3 rings (SSSR count). The molecule has 0 saturated heterocycles. The molecule has 0 aliphatic heterocycles. The number of fused-ring (bicyclic) bond motifs is 1. The summed E-state index contributed by atoms with van der Waals surface area (Å²) in [7, 11) is 0. The molecule has 1 N–H and O–H groups in total. The van der Waals surface area contributed by atoms with Gasteiger partial charge in [0, 0.05) is 16.5 Å². The summed E-state index contributed by atoms with van der Waals surface area (Å²) in [5.74, 6) is -0.456. The first kappa shape index (κ1) is 15.9. The van der Waals surface area contributed by atoms with Crippen LogP contribution in [0.15, 0.2) is 60.9 Å². The minimum Gasteiger partial charge on any atom is -0.320 e. The van der Waals surface area contributed by atoms with Crippen LogP contribution in [0.2, 0.25) is 0 Å². The second kappa shape index (κ2) is 6.27. The number of nitrogens with zero attached hydrogens (tertiary/aromatic N) is 2. The molecule has 0 radical (unpaired) electrons. The monoisotopic (exact) mass is 332 g/mol. The zero-order valence-corrected chi connectivity index (χ0v) is 12.4. The highest BCUT2D eigenvalue weighted by Gasteiger charge is 2.30. The van der Waals surface area contributed by atoms with E-state index in [9.17, 15) is 18.0 Å². The Morgan fingerprint density at radius 3 is 2.58 bits per heavy atom. The van der Waals surface area contributed by atoms with E-state index >= 15 is 0 Å². The van der Waals surface area contributed by atoms with Gasteiger partial charge in [0.05, 0.1) is 5.56 Å². The van der Waals surface area contributed by atoms with Crippen molar-refractivity contribution in [2.45, 2.75) is 12.7 Å². The van der Waals surface area contributed by atoms with Crippen LogP contribution < -0.4 is 10.00 Å². The van der Waals surface area contributed by atoms with Gasteiger partial charge < -0.3 is 5.32 Å². The molecule has 0 saturated carbocycles. The highest BCUT2D eigenvalue weighted by atomic mass is 19.4. The fourth-order valence-corrected chi connectivity index (χ4v) is 2.28. The van der Waals surface area contributed by atoms with Gasteiger partial charge in [0.2, 0.25) is 6.20 Å². The summed E-state index contributed by atoms with van der Waals surface area (Å²) in [6, 6.07) is 12.1. The van der Waals surface area contributed by atoms with Crippen LogP contribution in [0.4, 0.5) is 18.9 Å². The molecule has 1 amide bonds. The standard InChI is InChI=1S/C17H12F3N3O/c18-17(19,20)14-6-3-7-15(8-14)22-16(24)11-23-10-13-5-2-1-4-12(13)9-21-23/h1-10H,11H2/p+1. The van der Waals surface area contributed by atoms with Crippen molar-refractivity contribution >= 4 is 22.4 Å². The lowest BCUT2D eigenvalue weighted by atomic mass is 10.2. The molecule has 0 atom stereocenters. The molecule has 7 heteroatoms. The minimum atomic E-state index is -4.45. The van der Waals surface area contributed by atoms with Gasteiger partial charge in [-0.05, 0) is 29.4 Å². The molecule has 2 aromatic carbocycles. The van der Waals surface area contributed by atoms with E-state index < -0.39 is 17.6 Å². The molecule has 3 aromatic rings. The minimum absolute atomic E-state index is 0.0937. The van der Waals surface area contributed by atoms with Crippen LogP contribution in [0.1, 0.15) is 5.56 Å². The van der Waals surface area contributed by atoms with Crippen molar-refractivity contribution < 1.29 is 22.6 Å². The number of carbonyl (C=O) groups is 1. The van der Waals surface area contributed by atoms with Crippen molar-refractivity contribution in [3.05, 3.63) is 66.5 Å². The van der Waals surface area contributed by atoms with Gasteiger partial charge in [-0.1, -0.05) is 28.9 Å². The lowest BCUT2D eigenvalue weighted by Gasteiger charge is -2.08. The van der Waals surface area contributed by atoms with E-state index in [0.29, 0.717) is 0 Å². The first-order valence-electron chi connectivity index (χ1n) is 7.13. The molecule has 4 nitrogen and oxygen atoms in total. The Balaban J connectivity index is 1.73. The topological polar surface area (TPSA) is 45.9 Å². The van der Waals surface area contributed by atoms with Crippen LogP contribution in [0.3, 0.4) is 0 Å². The number of rotatable bonds is 3. The number of benzene rings is 2. The number of halogens is 3. The average molecular weight is 332 g/mol. The largest absolute Gasteiger partial charge is 0.416 e. The molecule has 0 unspecified atom stereocenters. The lowest BCUT2D eigenvalue weighted by molar-refractivity contribution is -0.740. The number of anilines is 1. The van der Waals surface area contributed by atoms with E-state index in [4.69, 9.17) is 0 Å². The Labute approximate surface area is 135 Å². The van der Waals surface area contributed by atoms with Gasteiger partial charge in [-0.25, -0.2) is 0 Å². The molecule has 1 heterocycles. The lowest BCUT2D eigenvalue weighted by Crippen LogP contribution is -2.43. The first-order valence-corrected chi connectivity index (χ1v) is 7.13. The van der Waals surface area contributed by atoms with Crippen molar-refractivity contribution in [1.82, 2.24) is 5.10 Å². The molecule has 0 fully saturated rings. The Hall–Kier alpha value is -2.96. The summed E-state index contributed by atoms with van der Waals surface area (Å²) >= 11 is 0. The van der Waals surface area contributed by atoms with E-state index in [2.05, 4.69) is 10.4 Å². The van der Waals surface area contributed by atoms with Crippen molar-refractivity contribution in [3.63, 3.8) is 0 Å². The first-order chi connectivity index (χ1) is 11.4. The second-order valence-electron chi connectivity index (χ2n) is 5.23. The van der Waals surface area contributed by atoms with Crippen LogP contribution in [-0.4, -0.2) is 11.0 Å². The molecule has 0 aliphatic carbocycles. The van der Waals surface area contributed by atoms with Gasteiger partial charge in [-0.2, -0.15) is 13.2 Å². The van der Waals surface area contributed by atoms with E-state index in [1.807, 2.05) is 24.3 Å². The van der Waals surface area contributed by atoms with Crippen LogP contribution >= 0.6 is 0 Å². The predicted molar refractivity (Wildman–Crippen MR) is 82.0 cm³/mol. The predicted octanol–water partition coefficient (Wildman–Crippen LogP) is 3.18. The summed E-state index contributed by atoms with van der Waals surface area (Å²) in [5.41, 5.74) is -0.715. The van der Waals surface area contributed by atoms with Gasteiger partial charge in [0.15, 0.2) is 0 Å². The Kier molecular flexibility index (Phi) is 4.16. The van der Waals surface area contributed by atoms with E-state index in [0.717, 1.165) is 22.9 Å². The third kappa shape index (κ3) is 3.68. The number of hydrogen-bond acceptors (Lipinski definition) is 2. The zero-order chi connectivity index (χ0) is 17.2. The van der Waals surface area contributed by atoms with Crippen LogP contribution in [0.5, 0.6) is 0 Å². The fourth-order valence-electron chi connectivity index (χ4n) is 2.28. The second-order valence-corrected chi connectivity index (χ2v) is 5.23. The number of nitrogens with one attached hydrogen (secondary N) is 1. The van der Waals surface area contributed by atoms with E-state index in [-0.39, 0.29) is 12.2 Å². The smallest absolute Gasteiger partial charge is 0.320 e. The van der Waals surface area contributed by atoms with Crippen LogP contribution in [-0.2, 0) is 17.5 Å². The zero-order valence-electron chi connectivity index (χ0n) is 12.4. The molecular formula is C17H13F3N3O+. The molecule has 0 spiro atoms. The summed E-state index contributed by atoms with van der Waals surface area (Å²) in [6.45, 7) is -0.0962. The van der Waals surface area contributed by atoms with Crippen molar-refractivity contribution in [3.8, 4) is 0 Å². The highest BCUT2D eigenvalue weighted by Crippen LogP contribution is 2.30. The Morgan fingerprint density at radius 1 is 1.08 bits per heavy atom. The number of amides is 1. The number of aromatic nitrogens is 2. The maximum absolute atomic E-state index is 12.7. The number of alkyl halides is 3.